The first-order chi connectivity index (χ1) is 4.66. The Labute approximate surface area is 69.4 Å². The molecule has 0 fully saturated rings. The molecule has 0 heterocycles. The number of halogens is 1. The maximum atomic E-state index is 10.5. The van der Waals surface area contributed by atoms with Crippen LogP contribution in [0.25, 0.3) is 0 Å². The molecular weight excluding hydrogens is 196 g/mol. The summed E-state index contributed by atoms with van der Waals surface area (Å²) in [6, 6.07) is 0. The van der Waals surface area contributed by atoms with E-state index in [1.54, 1.807) is 0 Å². The number of methoxy groups -OCH3 is 1. The Hall–Kier alpha value is -0.310. The Balaban J connectivity index is 3.20. The molecule has 0 N–H and O–H groups in total. The Morgan fingerprint density at radius 2 is 2.20 bits per heavy atom. The average molecular weight is 207 g/mol. The van der Waals surface area contributed by atoms with Crippen LogP contribution in [0.15, 0.2) is 11.1 Å². The predicted molar refractivity (Wildman–Crippen MR) is 43.9 cm³/mol. The van der Waals surface area contributed by atoms with E-state index in [0.29, 0.717) is 6.42 Å². The normalized spacial score (nSPS) is 9.00. The van der Waals surface area contributed by atoms with Gasteiger partial charge in [0.25, 0.3) is 0 Å². The van der Waals surface area contributed by atoms with E-state index in [-0.39, 0.29) is 5.97 Å². The van der Waals surface area contributed by atoms with E-state index in [4.69, 9.17) is 0 Å². The van der Waals surface area contributed by atoms with E-state index in [9.17, 15) is 4.79 Å². The molecule has 0 saturated heterocycles. The molecule has 0 rings (SSSR count). The molecule has 10 heavy (non-hydrogen) atoms. The van der Waals surface area contributed by atoms with E-state index < -0.39 is 0 Å². The van der Waals surface area contributed by atoms with E-state index in [1.165, 1.54) is 7.11 Å². The van der Waals surface area contributed by atoms with Crippen LogP contribution in [0.3, 0.4) is 0 Å². The van der Waals surface area contributed by atoms with E-state index in [2.05, 4.69) is 27.2 Å². The van der Waals surface area contributed by atoms with Crippen LogP contribution in [0.1, 0.15) is 19.3 Å². The highest BCUT2D eigenvalue weighted by Crippen LogP contribution is 2.10. The minimum absolute atomic E-state index is 0.159. The van der Waals surface area contributed by atoms with Crippen LogP contribution in [-0.4, -0.2) is 13.1 Å². The maximum Gasteiger partial charge on any atom is 0.305 e. The number of ether oxygens (including phenoxy) is 1. The summed E-state index contributed by atoms with van der Waals surface area (Å²) in [5.74, 6) is -0.159. The third-order valence-corrected chi connectivity index (χ3v) is 1.45. The van der Waals surface area contributed by atoms with Crippen LogP contribution in [-0.2, 0) is 9.53 Å². The van der Waals surface area contributed by atoms with Gasteiger partial charge in [-0.25, -0.2) is 0 Å². The summed E-state index contributed by atoms with van der Waals surface area (Å²) in [4.78, 5) is 10.5. The Kier molecular flexibility index (Phi) is 5.30. The van der Waals surface area contributed by atoms with Crippen LogP contribution in [0.5, 0.6) is 0 Å². The van der Waals surface area contributed by atoms with Gasteiger partial charge in [0.2, 0.25) is 0 Å². The predicted octanol–water partition coefficient (Wildman–Crippen LogP) is 2.24. The summed E-state index contributed by atoms with van der Waals surface area (Å²) in [5.41, 5.74) is 0. The topological polar surface area (TPSA) is 26.3 Å². The highest BCUT2D eigenvalue weighted by atomic mass is 79.9. The average Bonchev–Trinajstić information content (AvgIpc) is 1.87. The molecule has 0 aromatic rings. The van der Waals surface area contributed by atoms with Crippen molar-refractivity contribution in [1.29, 1.82) is 0 Å². The van der Waals surface area contributed by atoms with Crippen molar-refractivity contribution in [3.63, 3.8) is 0 Å². The minimum Gasteiger partial charge on any atom is -0.469 e. The van der Waals surface area contributed by atoms with Gasteiger partial charge in [0.1, 0.15) is 0 Å². The SMILES string of the molecule is C=C(Br)CCCC(=O)OC. The fourth-order valence-electron chi connectivity index (χ4n) is 0.527. The van der Waals surface area contributed by atoms with Gasteiger partial charge in [-0.3, -0.25) is 4.79 Å². The Morgan fingerprint density at radius 1 is 1.60 bits per heavy atom. The molecule has 0 unspecified atom stereocenters. The summed E-state index contributed by atoms with van der Waals surface area (Å²) in [6.07, 6.45) is 2.10. The van der Waals surface area contributed by atoms with Crippen LogP contribution < -0.4 is 0 Å². The number of hydrogen-bond donors (Lipinski definition) is 0. The van der Waals surface area contributed by atoms with Crippen molar-refractivity contribution in [2.75, 3.05) is 7.11 Å². The first-order valence-electron chi connectivity index (χ1n) is 3.07. The first kappa shape index (κ1) is 9.69. The Morgan fingerprint density at radius 3 is 2.60 bits per heavy atom. The maximum absolute atomic E-state index is 10.5. The second kappa shape index (κ2) is 5.47. The molecule has 2 nitrogen and oxygen atoms in total. The van der Waals surface area contributed by atoms with Crippen LogP contribution >= 0.6 is 15.9 Å². The second-order valence-electron chi connectivity index (χ2n) is 1.95. The third kappa shape index (κ3) is 5.82. The van der Waals surface area contributed by atoms with Gasteiger partial charge in [0, 0.05) is 6.42 Å². The lowest BCUT2D eigenvalue weighted by atomic mass is 10.2. The zero-order valence-electron chi connectivity index (χ0n) is 6.02. The summed E-state index contributed by atoms with van der Waals surface area (Å²) in [6.45, 7) is 3.64. The van der Waals surface area contributed by atoms with Crippen molar-refractivity contribution >= 4 is 21.9 Å². The van der Waals surface area contributed by atoms with E-state index >= 15 is 0 Å². The number of rotatable bonds is 4. The monoisotopic (exact) mass is 206 g/mol. The largest absolute Gasteiger partial charge is 0.469 e. The molecule has 0 saturated carbocycles. The van der Waals surface area contributed by atoms with E-state index in [0.717, 1.165) is 17.3 Å². The number of allylic oxidation sites excluding steroid dienone is 1. The molecule has 0 spiro atoms. The van der Waals surface area contributed by atoms with Gasteiger partial charge in [-0.2, -0.15) is 0 Å². The van der Waals surface area contributed by atoms with Crippen LogP contribution in [0, 0.1) is 0 Å². The summed E-state index contributed by atoms with van der Waals surface area (Å²) in [7, 11) is 1.39. The zero-order chi connectivity index (χ0) is 7.98. The number of hydrogen-bond acceptors (Lipinski definition) is 2. The third-order valence-electron chi connectivity index (χ3n) is 1.06. The second-order valence-corrected chi connectivity index (χ2v) is 3.07. The van der Waals surface area contributed by atoms with Gasteiger partial charge >= 0.3 is 5.97 Å². The fourth-order valence-corrected chi connectivity index (χ4v) is 0.807. The fraction of sp³-hybridized carbons (Fsp3) is 0.571. The minimum atomic E-state index is -0.159. The van der Waals surface area contributed by atoms with Crippen molar-refractivity contribution in [2.45, 2.75) is 19.3 Å². The number of esters is 1. The van der Waals surface area contributed by atoms with Crippen LogP contribution in [0.2, 0.25) is 0 Å². The summed E-state index contributed by atoms with van der Waals surface area (Å²) < 4.78 is 5.38. The smallest absolute Gasteiger partial charge is 0.305 e. The van der Waals surface area contributed by atoms with Gasteiger partial charge in [-0.1, -0.05) is 22.5 Å². The van der Waals surface area contributed by atoms with E-state index in [1.807, 2.05) is 0 Å². The number of carbonyl (C=O) groups is 1. The molecule has 0 aromatic carbocycles. The van der Waals surface area contributed by atoms with Gasteiger partial charge in [-0.05, 0) is 17.3 Å². The quantitative estimate of drug-likeness (QED) is 0.660. The molecule has 0 atom stereocenters. The standard InChI is InChI=1S/C7H11BrO2/c1-6(8)4-3-5-7(9)10-2/h1,3-5H2,2H3. The van der Waals surface area contributed by atoms with Crippen molar-refractivity contribution in [2.24, 2.45) is 0 Å². The number of carbonyl (C=O) groups excluding carboxylic acids is 1. The molecule has 0 aliphatic carbocycles. The van der Waals surface area contributed by atoms with Crippen LogP contribution in [0.4, 0.5) is 0 Å². The van der Waals surface area contributed by atoms with Crippen molar-refractivity contribution in [3.05, 3.63) is 11.1 Å². The molecule has 0 amide bonds. The molecule has 0 aliphatic heterocycles. The summed E-state index contributed by atoms with van der Waals surface area (Å²) >= 11 is 3.20. The van der Waals surface area contributed by atoms with Crippen molar-refractivity contribution in [1.82, 2.24) is 0 Å². The molecule has 3 heteroatoms. The molecule has 0 bridgehead atoms. The molecule has 0 aromatic heterocycles. The van der Waals surface area contributed by atoms with Gasteiger partial charge in [0.05, 0.1) is 7.11 Å². The Bertz CT molecular complexity index is 132. The molecule has 0 radical (unpaired) electrons. The molecule has 58 valence electrons. The first-order valence-corrected chi connectivity index (χ1v) is 3.86. The lowest BCUT2D eigenvalue weighted by Crippen LogP contribution is -1.98. The molecule has 0 aliphatic rings. The summed E-state index contributed by atoms with van der Waals surface area (Å²) in [5, 5.41) is 0. The molecular formula is C7H11BrO2. The van der Waals surface area contributed by atoms with Crippen molar-refractivity contribution in [3.8, 4) is 0 Å². The highest BCUT2D eigenvalue weighted by molar-refractivity contribution is 9.11. The lowest BCUT2D eigenvalue weighted by molar-refractivity contribution is -0.140. The highest BCUT2D eigenvalue weighted by Gasteiger charge is 1.98. The van der Waals surface area contributed by atoms with Gasteiger partial charge in [-0.15, -0.1) is 0 Å². The van der Waals surface area contributed by atoms with Crippen molar-refractivity contribution < 1.29 is 9.53 Å². The van der Waals surface area contributed by atoms with Gasteiger partial charge < -0.3 is 4.74 Å². The lowest BCUT2D eigenvalue weighted by Gasteiger charge is -1.96. The zero-order valence-corrected chi connectivity index (χ0v) is 7.61. The van der Waals surface area contributed by atoms with Gasteiger partial charge in [0.15, 0.2) is 0 Å².